The average Bonchev–Trinajstić information content (AvgIpc) is 2.88. The zero-order chi connectivity index (χ0) is 15.4. The quantitative estimate of drug-likeness (QED) is 0.731. The summed E-state index contributed by atoms with van der Waals surface area (Å²) in [7, 11) is 0. The van der Waals surface area contributed by atoms with Gasteiger partial charge in [-0.25, -0.2) is 9.48 Å². The van der Waals surface area contributed by atoms with Gasteiger partial charge in [0.1, 0.15) is 6.54 Å². The van der Waals surface area contributed by atoms with E-state index in [9.17, 15) is 9.59 Å². The minimum Gasteiger partial charge on any atom is -0.478 e. The fraction of sp³-hybridized carbons (Fsp3) is 0.167. The lowest BCUT2D eigenvalue weighted by Gasteiger charge is -2.08. The summed E-state index contributed by atoms with van der Waals surface area (Å²) in [5, 5.41) is 19.1. The van der Waals surface area contributed by atoms with E-state index in [4.69, 9.17) is 10.8 Å². The van der Waals surface area contributed by atoms with Crippen molar-refractivity contribution in [3.63, 3.8) is 0 Å². The van der Waals surface area contributed by atoms with Crippen LogP contribution in [0.4, 0.5) is 5.69 Å². The molecule has 1 aromatic carbocycles. The molecule has 4 N–H and O–H groups in total. The number of hydrogen-bond acceptors (Lipinski definition) is 5. The fourth-order valence-corrected chi connectivity index (χ4v) is 2.07. The van der Waals surface area contributed by atoms with Gasteiger partial charge in [-0.3, -0.25) is 4.79 Å². The summed E-state index contributed by atoms with van der Waals surface area (Å²) in [6, 6.07) is 4.34. The Morgan fingerprint density at radius 1 is 1.43 bits per heavy atom. The highest BCUT2D eigenvalue weighted by atomic mass is 79.9. The molecule has 21 heavy (non-hydrogen) atoms. The Hall–Kier alpha value is -2.26. The Morgan fingerprint density at radius 2 is 2.19 bits per heavy atom. The molecule has 0 radical (unpaired) electrons. The molecule has 0 unspecified atom stereocenters. The molecule has 2 rings (SSSR count). The number of nitrogens with two attached hydrogens (primary N) is 1. The normalized spacial score (nSPS) is 10.4. The molecule has 2 aromatic rings. The standard InChI is InChI=1S/C12H12BrN5O3/c13-9-3-7(12(20)21)1-2-10(9)15-11(19)6-18-5-8(4-14)16-17-18/h1-3,5H,4,6,14H2,(H,15,19)(H,20,21). The van der Waals surface area contributed by atoms with E-state index in [1.807, 2.05) is 0 Å². The van der Waals surface area contributed by atoms with Crippen molar-refractivity contribution in [2.24, 2.45) is 5.73 Å². The third-order valence-electron chi connectivity index (χ3n) is 2.59. The third kappa shape index (κ3) is 3.86. The molecule has 0 saturated carbocycles. The second-order valence-corrected chi connectivity index (χ2v) is 5.01. The maximum Gasteiger partial charge on any atom is 0.335 e. The number of rotatable bonds is 5. The number of nitrogens with one attached hydrogen (secondary N) is 1. The van der Waals surface area contributed by atoms with E-state index in [0.29, 0.717) is 15.9 Å². The second-order valence-electron chi connectivity index (χ2n) is 4.16. The molecule has 0 atom stereocenters. The van der Waals surface area contributed by atoms with Gasteiger partial charge in [0.2, 0.25) is 5.91 Å². The van der Waals surface area contributed by atoms with E-state index in [2.05, 4.69) is 31.6 Å². The second kappa shape index (κ2) is 6.46. The van der Waals surface area contributed by atoms with Crippen molar-refractivity contribution in [1.82, 2.24) is 15.0 Å². The van der Waals surface area contributed by atoms with Crippen LogP contribution in [-0.4, -0.2) is 32.0 Å². The number of carbonyl (C=O) groups is 2. The van der Waals surface area contributed by atoms with Gasteiger partial charge in [-0.05, 0) is 34.1 Å². The van der Waals surface area contributed by atoms with Gasteiger partial charge >= 0.3 is 5.97 Å². The van der Waals surface area contributed by atoms with Gasteiger partial charge in [-0.15, -0.1) is 5.10 Å². The van der Waals surface area contributed by atoms with Gasteiger partial charge in [0, 0.05) is 11.0 Å². The Balaban J connectivity index is 2.04. The van der Waals surface area contributed by atoms with Crippen molar-refractivity contribution in [2.45, 2.75) is 13.1 Å². The van der Waals surface area contributed by atoms with Crippen LogP contribution in [-0.2, 0) is 17.9 Å². The number of carbonyl (C=O) groups excluding carboxylic acids is 1. The van der Waals surface area contributed by atoms with Crippen LogP contribution in [0.5, 0.6) is 0 Å². The van der Waals surface area contributed by atoms with Crippen LogP contribution in [0.3, 0.4) is 0 Å². The van der Waals surface area contributed by atoms with Gasteiger partial charge in [0.05, 0.1) is 23.1 Å². The minimum absolute atomic E-state index is 0.0138. The summed E-state index contributed by atoms with van der Waals surface area (Å²) >= 11 is 3.22. The third-order valence-corrected chi connectivity index (χ3v) is 3.25. The molecular weight excluding hydrogens is 342 g/mol. The van der Waals surface area contributed by atoms with E-state index in [1.54, 1.807) is 6.20 Å². The molecule has 0 aliphatic carbocycles. The lowest BCUT2D eigenvalue weighted by molar-refractivity contribution is -0.116. The number of nitrogens with zero attached hydrogens (tertiary/aromatic N) is 3. The first-order valence-corrected chi connectivity index (χ1v) is 6.70. The van der Waals surface area contributed by atoms with Crippen molar-refractivity contribution < 1.29 is 14.7 Å². The Labute approximate surface area is 128 Å². The predicted molar refractivity (Wildman–Crippen MR) is 77.6 cm³/mol. The first kappa shape index (κ1) is 15.1. The highest BCUT2D eigenvalue weighted by Gasteiger charge is 2.10. The van der Waals surface area contributed by atoms with E-state index >= 15 is 0 Å². The van der Waals surface area contributed by atoms with E-state index < -0.39 is 5.97 Å². The summed E-state index contributed by atoms with van der Waals surface area (Å²) in [6.45, 7) is 0.240. The molecule has 0 aliphatic heterocycles. The van der Waals surface area contributed by atoms with Crippen LogP contribution in [0.2, 0.25) is 0 Å². The number of anilines is 1. The molecule has 0 spiro atoms. The number of carboxylic acid groups (broad SMARTS) is 1. The Kier molecular flexibility index (Phi) is 4.66. The highest BCUT2D eigenvalue weighted by Crippen LogP contribution is 2.23. The summed E-state index contributed by atoms with van der Waals surface area (Å²) in [6.07, 6.45) is 1.59. The van der Waals surface area contributed by atoms with Crippen LogP contribution in [0, 0.1) is 0 Å². The number of halogens is 1. The van der Waals surface area contributed by atoms with Crippen LogP contribution >= 0.6 is 15.9 Å². The van der Waals surface area contributed by atoms with Crippen molar-refractivity contribution in [3.05, 3.63) is 40.1 Å². The molecule has 1 heterocycles. The maximum atomic E-state index is 11.9. The summed E-state index contributed by atoms with van der Waals surface area (Å²) in [5.74, 6) is -1.35. The number of hydrogen-bond donors (Lipinski definition) is 3. The molecule has 110 valence electrons. The average molecular weight is 354 g/mol. The summed E-state index contributed by atoms with van der Waals surface area (Å²) < 4.78 is 1.86. The van der Waals surface area contributed by atoms with Gasteiger partial charge in [0.15, 0.2) is 0 Å². The van der Waals surface area contributed by atoms with Crippen molar-refractivity contribution in [2.75, 3.05) is 5.32 Å². The smallest absolute Gasteiger partial charge is 0.335 e. The SMILES string of the molecule is NCc1cn(CC(=O)Nc2ccc(C(=O)O)cc2Br)nn1. The van der Waals surface area contributed by atoms with E-state index in [-0.39, 0.29) is 24.6 Å². The van der Waals surface area contributed by atoms with Gasteiger partial charge in [-0.2, -0.15) is 0 Å². The number of carboxylic acids is 1. The lowest BCUT2D eigenvalue weighted by Crippen LogP contribution is -2.19. The van der Waals surface area contributed by atoms with Gasteiger partial charge in [-0.1, -0.05) is 5.21 Å². The molecule has 8 nitrogen and oxygen atoms in total. The maximum absolute atomic E-state index is 11.9. The van der Waals surface area contributed by atoms with Crippen molar-refractivity contribution >= 4 is 33.5 Å². The Bertz CT molecular complexity index is 685. The number of benzene rings is 1. The molecule has 0 aliphatic rings. The summed E-state index contributed by atoms with van der Waals surface area (Å²) in [4.78, 5) is 22.7. The largest absolute Gasteiger partial charge is 0.478 e. The first-order valence-electron chi connectivity index (χ1n) is 5.91. The number of amides is 1. The van der Waals surface area contributed by atoms with Crippen LogP contribution in [0.1, 0.15) is 16.1 Å². The molecule has 9 heteroatoms. The van der Waals surface area contributed by atoms with Crippen LogP contribution in [0.25, 0.3) is 0 Å². The highest BCUT2D eigenvalue weighted by molar-refractivity contribution is 9.10. The minimum atomic E-state index is -1.04. The molecular formula is C12H12BrN5O3. The van der Waals surface area contributed by atoms with E-state index in [0.717, 1.165) is 0 Å². The monoisotopic (exact) mass is 353 g/mol. The van der Waals surface area contributed by atoms with Crippen molar-refractivity contribution in [3.8, 4) is 0 Å². The predicted octanol–water partition coefficient (Wildman–Crippen LogP) is 0.836. The van der Waals surface area contributed by atoms with Crippen molar-refractivity contribution in [1.29, 1.82) is 0 Å². The van der Waals surface area contributed by atoms with Gasteiger partial charge < -0.3 is 16.2 Å². The number of aromatic carboxylic acids is 1. The van der Waals surface area contributed by atoms with Gasteiger partial charge in [0.25, 0.3) is 0 Å². The molecule has 0 saturated heterocycles. The number of aromatic nitrogens is 3. The molecule has 0 fully saturated rings. The zero-order valence-electron chi connectivity index (χ0n) is 10.8. The fourth-order valence-electron chi connectivity index (χ4n) is 1.60. The van der Waals surface area contributed by atoms with Crippen LogP contribution in [0.15, 0.2) is 28.9 Å². The lowest BCUT2D eigenvalue weighted by atomic mass is 10.2. The van der Waals surface area contributed by atoms with Crippen LogP contribution < -0.4 is 11.1 Å². The zero-order valence-corrected chi connectivity index (χ0v) is 12.4. The first-order chi connectivity index (χ1) is 9.99. The molecule has 1 amide bonds. The molecule has 0 bridgehead atoms. The summed E-state index contributed by atoms with van der Waals surface area (Å²) in [5.41, 5.74) is 6.60. The topological polar surface area (TPSA) is 123 Å². The van der Waals surface area contributed by atoms with E-state index in [1.165, 1.54) is 22.9 Å². The molecule has 1 aromatic heterocycles. The Morgan fingerprint density at radius 3 is 2.76 bits per heavy atom.